The van der Waals surface area contributed by atoms with Crippen LogP contribution in [0.4, 0.5) is 0 Å². The Balaban J connectivity index is 3.98. The van der Waals surface area contributed by atoms with Gasteiger partial charge in [0.1, 0.15) is 6.54 Å². The molecule has 4 nitrogen and oxygen atoms in total. The fourth-order valence-corrected chi connectivity index (χ4v) is 1.79. The molecule has 1 N–H and O–H groups in total. The number of nitrogens with zero attached hydrogens (tertiary/aromatic N) is 1. The molecule has 0 aliphatic carbocycles. The Morgan fingerprint density at radius 3 is 2.47 bits per heavy atom. The SMILES string of the molecule is CCCN(CC(=O)O)C(=O)CCSCC. The number of carbonyl (C=O) groups excluding carboxylic acids is 1. The first kappa shape index (κ1) is 14.3. The van der Waals surface area contributed by atoms with E-state index in [1.807, 2.05) is 13.8 Å². The second-order valence-electron chi connectivity index (χ2n) is 3.16. The Morgan fingerprint density at radius 1 is 1.33 bits per heavy atom. The number of rotatable bonds is 8. The first-order valence-corrected chi connectivity index (χ1v) is 6.34. The summed E-state index contributed by atoms with van der Waals surface area (Å²) in [7, 11) is 0. The number of carbonyl (C=O) groups is 2. The smallest absolute Gasteiger partial charge is 0.323 e. The number of carboxylic acids is 1. The molecular weight excluding hydrogens is 214 g/mol. The lowest BCUT2D eigenvalue weighted by Gasteiger charge is -2.19. The zero-order chi connectivity index (χ0) is 11.7. The van der Waals surface area contributed by atoms with E-state index in [1.54, 1.807) is 11.8 Å². The van der Waals surface area contributed by atoms with Crippen molar-refractivity contribution in [3.8, 4) is 0 Å². The lowest BCUT2D eigenvalue weighted by molar-refractivity contribution is -0.144. The second kappa shape index (κ2) is 8.59. The summed E-state index contributed by atoms with van der Waals surface area (Å²) in [5.74, 6) is 0.759. The number of thioether (sulfide) groups is 1. The van der Waals surface area contributed by atoms with Crippen LogP contribution < -0.4 is 0 Å². The molecule has 0 saturated carbocycles. The van der Waals surface area contributed by atoms with Gasteiger partial charge in [-0.15, -0.1) is 0 Å². The van der Waals surface area contributed by atoms with Crippen molar-refractivity contribution in [3.05, 3.63) is 0 Å². The van der Waals surface area contributed by atoms with Gasteiger partial charge in [0, 0.05) is 18.7 Å². The summed E-state index contributed by atoms with van der Waals surface area (Å²) in [4.78, 5) is 23.5. The molecule has 0 aliphatic heterocycles. The second-order valence-corrected chi connectivity index (χ2v) is 4.55. The molecule has 0 spiro atoms. The van der Waals surface area contributed by atoms with Crippen molar-refractivity contribution in [2.75, 3.05) is 24.6 Å². The van der Waals surface area contributed by atoms with Crippen molar-refractivity contribution in [1.29, 1.82) is 0 Å². The van der Waals surface area contributed by atoms with E-state index in [2.05, 4.69) is 0 Å². The molecular formula is C10H19NO3S. The lowest BCUT2D eigenvalue weighted by atomic mass is 10.3. The molecule has 0 fully saturated rings. The van der Waals surface area contributed by atoms with Gasteiger partial charge in [-0.1, -0.05) is 13.8 Å². The fourth-order valence-electron chi connectivity index (χ4n) is 1.19. The van der Waals surface area contributed by atoms with Gasteiger partial charge in [0.15, 0.2) is 0 Å². The number of carboxylic acid groups (broad SMARTS) is 1. The molecule has 0 atom stereocenters. The molecule has 1 amide bonds. The summed E-state index contributed by atoms with van der Waals surface area (Å²) in [6, 6.07) is 0. The average molecular weight is 233 g/mol. The summed E-state index contributed by atoms with van der Waals surface area (Å²) in [6.45, 7) is 4.32. The molecule has 0 heterocycles. The van der Waals surface area contributed by atoms with Crippen molar-refractivity contribution in [2.45, 2.75) is 26.7 Å². The summed E-state index contributed by atoms with van der Waals surface area (Å²) in [5.41, 5.74) is 0. The first-order valence-electron chi connectivity index (χ1n) is 5.19. The number of amides is 1. The summed E-state index contributed by atoms with van der Waals surface area (Å²) < 4.78 is 0. The average Bonchev–Trinajstić information content (AvgIpc) is 2.17. The minimum absolute atomic E-state index is 0.0554. The maximum atomic E-state index is 11.6. The minimum Gasteiger partial charge on any atom is -0.480 e. The summed E-state index contributed by atoms with van der Waals surface area (Å²) >= 11 is 1.70. The monoisotopic (exact) mass is 233 g/mol. The molecule has 0 bridgehead atoms. The predicted octanol–water partition coefficient (Wildman–Crippen LogP) is 1.45. The Hall–Kier alpha value is -0.710. The molecule has 0 aliphatic rings. The number of aliphatic carboxylic acids is 1. The molecule has 5 heteroatoms. The molecule has 0 saturated heterocycles. The highest BCUT2D eigenvalue weighted by atomic mass is 32.2. The highest BCUT2D eigenvalue weighted by Crippen LogP contribution is 2.04. The maximum Gasteiger partial charge on any atom is 0.323 e. The molecule has 0 aromatic carbocycles. The van der Waals surface area contributed by atoms with E-state index in [1.165, 1.54) is 4.90 Å². The van der Waals surface area contributed by atoms with Crippen LogP contribution in [-0.4, -0.2) is 46.5 Å². The first-order chi connectivity index (χ1) is 7.11. The van der Waals surface area contributed by atoms with Crippen LogP contribution in [0.15, 0.2) is 0 Å². The van der Waals surface area contributed by atoms with Gasteiger partial charge in [-0.3, -0.25) is 9.59 Å². The maximum absolute atomic E-state index is 11.6. The molecule has 0 radical (unpaired) electrons. The predicted molar refractivity (Wildman–Crippen MR) is 62.1 cm³/mol. The van der Waals surface area contributed by atoms with Crippen molar-refractivity contribution in [2.24, 2.45) is 0 Å². The Bertz CT molecular complexity index is 209. The Morgan fingerprint density at radius 2 is 2.00 bits per heavy atom. The number of hydrogen-bond donors (Lipinski definition) is 1. The van der Waals surface area contributed by atoms with Crippen LogP contribution in [0.3, 0.4) is 0 Å². The van der Waals surface area contributed by atoms with Gasteiger partial charge in [-0.25, -0.2) is 0 Å². The normalized spacial score (nSPS) is 10.0. The summed E-state index contributed by atoms with van der Waals surface area (Å²) in [6.07, 6.45) is 1.23. The Kier molecular flexibility index (Phi) is 8.18. The quantitative estimate of drug-likeness (QED) is 0.645. The number of hydrogen-bond acceptors (Lipinski definition) is 3. The van der Waals surface area contributed by atoms with E-state index in [0.29, 0.717) is 13.0 Å². The van der Waals surface area contributed by atoms with E-state index < -0.39 is 5.97 Å². The van der Waals surface area contributed by atoms with Crippen molar-refractivity contribution >= 4 is 23.6 Å². The van der Waals surface area contributed by atoms with Crippen molar-refractivity contribution < 1.29 is 14.7 Å². The van der Waals surface area contributed by atoms with Gasteiger partial charge in [-0.2, -0.15) is 11.8 Å². The third kappa shape index (κ3) is 7.25. The van der Waals surface area contributed by atoms with E-state index >= 15 is 0 Å². The van der Waals surface area contributed by atoms with E-state index in [4.69, 9.17) is 5.11 Å². The molecule has 0 rings (SSSR count). The zero-order valence-electron chi connectivity index (χ0n) is 9.36. The molecule has 15 heavy (non-hydrogen) atoms. The van der Waals surface area contributed by atoms with Crippen molar-refractivity contribution in [1.82, 2.24) is 4.90 Å². The zero-order valence-corrected chi connectivity index (χ0v) is 10.2. The minimum atomic E-state index is -0.944. The van der Waals surface area contributed by atoms with E-state index in [-0.39, 0.29) is 12.5 Å². The van der Waals surface area contributed by atoms with E-state index in [9.17, 15) is 9.59 Å². The third-order valence-corrected chi connectivity index (χ3v) is 2.74. The van der Waals surface area contributed by atoms with Crippen LogP contribution in [0.25, 0.3) is 0 Å². The molecule has 0 aromatic rings. The van der Waals surface area contributed by atoms with Gasteiger partial charge in [-0.05, 0) is 12.2 Å². The van der Waals surface area contributed by atoms with Gasteiger partial charge in [0.2, 0.25) is 5.91 Å². The third-order valence-electron chi connectivity index (χ3n) is 1.84. The summed E-state index contributed by atoms with van der Waals surface area (Å²) in [5, 5.41) is 8.63. The fraction of sp³-hybridized carbons (Fsp3) is 0.800. The van der Waals surface area contributed by atoms with Gasteiger partial charge < -0.3 is 10.0 Å². The molecule has 0 unspecified atom stereocenters. The van der Waals surface area contributed by atoms with Crippen LogP contribution in [0.2, 0.25) is 0 Å². The van der Waals surface area contributed by atoms with Crippen LogP contribution in [-0.2, 0) is 9.59 Å². The lowest BCUT2D eigenvalue weighted by Crippen LogP contribution is -2.36. The van der Waals surface area contributed by atoms with Crippen LogP contribution in [0.5, 0.6) is 0 Å². The standard InChI is InChI=1S/C10H19NO3S/c1-3-6-11(8-10(13)14)9(12)5-7-15-4-2/h3-8H2,1-2H3,(H,13,14). The highest BCUT2D eigenvalue weighted by molar-refractivity contribution is 7.99. The van der Waals surface area contributed by atoms with Gasteiger partial charge in [0.25, 0.3) is 0 Å². The van der Waals surface area contributed by atoms with Crippen LogP contribution >= 0.6 is 11.8 Å². The van der Waals surface area contributed by atoms with Gasteiger partial charge >= 0.3 is 5.97 Å². The Labute approximate surface area is 95.0 Å². The van der Waals surface area contributed by atoms with Crippen LogP contribution in [0, 0.1) is 0 Å². The van der Waals surface area contributed by atoms with Crippen LogP contribution in [0.1, 0.15) is 26.7 Å². The highest BCUT2D eigenvalue weighted by Gasteiger charge is 2.14. The largest absolute Gasteiger partial charge is 0.480 e. The van der Waals surface area contributed by atoms with Crippen molar-refractivity contribution in [3.63, 3.8) is 0 Å². The molecule has 0 aromatic heterocycles. The van der Waals surface area contributed by atoms with Gasteiger partial charge in [0.05, 0.1) is 0 Å². The molecule has 88 valence electrons. The van der Waals surface area contributed by atoms with E-state index in [0.717, 1.165) is 17.9 Å². The topological polar surface area (TPSA) is 57.6 Å².